The summed E-state index contributed by atoms with van der Waals surface area (Å²) in [4.78, 5) is 15.9. The lowest BCUT2D eigenvalue weighted by Gasteiger charge is -2.35. The molecule has 1 aliphatic rings. The molecular formula is C18H29ClN3O+. The molecule has 1 fully saturated rings. The molecule has 1 aromatic rings. The zero-order valence-electron chi connectivity index (χ0n) is 14.7. The zero-order chi connectivity index (χ0) is 17.0. The van der Waals surface area contributed by atoms with Crippen LogP contribution in [0, 0.1) is 6.92 Å². The summed E-state index contributed by atoms with van der Waals surface area (Å²) in [6.45, 7) is 12.8. The molecule has 2 rings (SSSR count). The smallest absolute Gasteiger partial charge is 0.275 e. The van der Waals surface area contributed by atoms with E-state index in [1.807, 2.05) is 12.1 Å². The molecule has 4 nitrogen and oxygen atoms in total. The van der Waals surface area contributed by atoms with Crippen molar-refractivity contribution in [3.8, 4) is 0 Å². The second-order valence-corrected chi connectivity index (χ2v) is 7.57. The third-order valence-corrected chi connectivity index (χ3v) is 4.99. The monoisotopic (exact) mass is 338 g/mol. The Morgan fingerprint density at radius 3 is 2.61 bits per heavy atom. The van der Waals surface area contributed by atoms with Crippen molar-refractivity contribution in [2.75, 3.05) is 37.6 Å². The van der Waals surface area contributed by atoms with E-state index in [0.29, 0.717) is 6.54 Å². The molecule has 1 saturated heterocycles. The summed E-state index contributed by atoms with van der Waals surface area (Å²) in [7, 11) is 0. The van der Waals surface area contributed by atoms with Gasteiger partial charge in [0.2, 0.25) is 0 Å². The van der Waals surface area contributed by atoms with Crippen molar-refractivity contribution in [2.24, 2.45) is 0 Å². The van der Waals surface area contributed by atoms with Gasteiger partial charge in [0.25, 0.3) is 5.91 Å². The molecule has 0 spiro atoms. The molecule has 0 bridgehead atoms. The Balaban J connectivity index is 1.86. The van der Waals surface area contributed by atoms with Gasteiger partial charge in [-0.05, 0) is 44.9 Å². The minimum atomic E-state index is -0.115. The summed E-state index contributed by atoms with van der Waals surface area (Å²) < 4.78 is 0. The van der Waals surface area contributed by atoms with Gasteiger partial charge in [-0.3, -0.25) is 4.79 Å². The lowest BCUT2D eigenvalue weighted by molar-refractivity contribution is -0.892. The second-order valence-electron chi connectivity index (χ2n) is 7.13. The first kappa shape index (κ1) is 18.1. The third kappa shape index (κ3) is 5.11. The van der Waals surface area contributed by atoms with Gasteiger partial charge in [-0.25, -0.2) is 0 Å². The SMILES string of the molecule is CCC(C)(C)NC(=O)C[NH+]1CCN(c2cc(Cl)ccc2C)CC1. The van der Waals surface area contributed by atoms with E-state index >= 15 is 0 Å². The minimum Gasteiger partial charge on any atom is -0.360 e. The number of piperazine rings is 1. The number of aryl methyl sites for hydroxylation is 1. The molecule has 128 valence electrons. The molecule has 0 radical (unpaired) electrons. The number of amides is 1. The van der Waals surface area contributed by atoms with E-state index in [0.717, 1.165) is 37.6 Å². The first-order valence-corrected chi connectivity index (χ1v) is 8.84. The van der Waals surface area contributed by atoms with Crippen molar-refractivity contribution >= 4 is 23.2 Å². The molecule has 0 aromatic heterocycles. The summed E-state index contributed by atoms with van der Waals surface area (Å²) >= 11 is 6.12. The minimum absolute atomic E-state index is 0.115. The van der Waals surface area contributed by atoms with Crippen LogP contribution in [-0.4, -0.2) is 44.2 Å². The Bertz CT molecular complexity index is 551. The fraction of sp³-hybridized carbons (Fsp3) is 0.611. The van der Waals surface area contributed by atoms with Crippen molar-refractivity contribution in [3.63, 3.8) is 0 Å². The van der Waals surface area contributed by atoms with E-state index in [2.05, 4.69) is 44.0 Å². The molecule has 0 aliphatic carbocycles. The van der Waals surface area contributed by atoms with Gasteiger partial charge < -0.3 is 15.1 Å². The number of hydrogen-bond acceptors (Lipinski definition) is 2. The molecule has 1 heterocycles. The van der Waals surface area contributed by atoms with Crippen LogP contribution in [-0.2, 0) is 4.79 Å². The highest BCUT2D eigenvalue weighted by Crippen LogP contribution is 2.24. The average Bonchev–Trinajstić information content (AvgIpc) is 2.50. The molecule has 1 aromatic carbocycles. The predicted molar refractivity (Wildman–Crippen MR) is 96.5 cm³/mol. The lowest BCUT2D eigenvalue weighted by atomic mass is 10.0. The van der Waals surface area contributed by atoms with Crippen molar-refractivity contribution in [1.82, 2.24) is 5.32 Å². The highest BCUT2D eigenvalue weighted by atomic mass is 35.5. The number of nitrogens with one attached hydrogen (secondary N) is 2. The predicted octanol–water partition coefficient (Wildman–Crippen LogP) is 1.66. The first-order chi connectivity index (χ1) is 10.8. The molecule has 0 unspecified atom stereocenters. The summed E-state index contributed by atoms with van der Waals surface area (Å²) in [5, 5.41) is 3.90. The molecule has 1 amide bonds. The third-order valence-electron chi connectivity index (χ3n) is 4.75. The van der Waals surface area contributed by atoms with Gasteiger partial charge in [-0.1, -0.05) is 24.6 Å². The molecule has 2 N–H and O–H groups in total. The fourth-order valence-corrected chi connectivity index (χ4v) is 3.07. The van der Waals surface area contributed by atoms with Crippen LogP contribution >= 0.6 is 11.6 Å². The lowest BCUT2D eigenvalue weighted by Crippen LogP contribution is -3.16. The summed E-state index contributed by atoms with van der Waals surface area (Å²) in [5.74, 6) is 0.152. The quantitative estimate of drug-likeness (QED) is 0.856. The largest absolute Gasteiger partial charge is 0.360 e. The normalized spacial score (nSPS) is 16.5. The van der Waals surface area contributed by atoms with E-state index in [4.69, 9.17) is 11.6 Å². The topological polar surface area (TPSA) is 36.8 Å². The van der Waals surface area contributed by atoms with Gasteiger partial charge in [-0.15, -0.1) is 0 Å². The second kappa shape index (κ2) is 7.54. The maximum atomic E-state index is 12.2. The Kier molecular flexibility index (Phi) is 5.93. The van der Waals surface area contributed by atoms with Crippen LogP contribution in [0.2, 0.25) is 5.02 Å². The maximum absolute atomic E-state index is 12.2. The van der Waals surface area contributed by atoms with Gasteiger partial charge in [0.15, 0.2) is 6.54 Å². The number of benzene rings is 1. The number of anilines is 1. The molecular weight excluding hydrogens is 310 g/mol. The van der Waals surface area contributed by atoms with Gasteiger partial charge >= 0.3 is 0 Å². The van der Waals surface area contributed by atoms with Crippen LogP contribution in [0.25, 0.3) is 0 Å². The van der Waals surface area contributed by atoms with Crippen molar-refractivity contribution in [3.05, 3.63) is 28.8 Å². The van der Waals surface area contributed by atoms with Crippen molar-refractivity contribution < 1.29 is 9.69 Å². The Morgan fingerprint density at radius 1 is 1.35 bits per heavy atom. The summed E-state index contributed by atoms with van der Waals surface area (Å²) in [5.41, 5.74) is 2.35. The number of hydrogen-bond donors (Lipinski definition) is 2. The standard InChI is InChI=1S/C18H28ClN3O/c1-5-18(3,4)20-17(23)13-21-8-10-22(11-9-21)16-12-15(19)7-6-14(16)2/h6-7,12H,5,8-11,13H2,1-4H3,(H,20,23)/p+1. The van der Waals surface area contributed by atoms with Crippen molar-refractivity contribution in [1.29, 1.82) is 0 Å². The maximum Gasteiger partial charge on any atom is 0.275 e. The summed E-state index contributed by atoms with van der Waals surface area (Å²) in [6, 6.07) is 6.04. The van der Waals surface area contributed by atoms with Crippen molar-refractivity contribution in [2.45, 2.75) is 39.7 Å². The first-order valence-electron chi connectivity index (χ1n) is 8.46. The van der Waals surface area contributed by atoms with Crippen LogP contribution < -0.4 is 15.1 Å². The van der Waals surface area contributed by atoms with Gasteiger partial charge in [0.05, 0.1) is 26.2 Å². The summed E-state index contributed by atoms with van der Waals surface area (Å²) in [6.07, 6.45) is 0.940. The van der Waals surface area contributed by atoms with Crippen LogP contribution in [0.3, 0.4) is 0 Å². The number of carbonyl (C=O) groups excluding carboxylic acids is 1. The van der Waals surface area contributed by atoms with Gasteiger partial charge in [-0.2, -0.15) is 0 Å². The Morgan fingerprint density at radius 2 is 2.00 bits per heavy atom. The average molecular weight is 339 g/mol. The highest BCUT2D eigenvalue weighted by Gasteiger charge is 2.25. The van der Waals surface area contributed by atoms with Crippen LogP contribution in [0.5, 0.6) is 0 Å². The van der Waals surface area contributed by atoms with E-state index in [1.54, 1.807) is 0 Å². The fourth-order valence-electron chi connectivity index (χ4n) is 2.90. The molecule has 23 heavy (non-hydrogen) atoms. The van der Waals surface area contributed by atoms with E-state index < -0.39 is 0 Å². The van der Waals surface area contributed by atoms with E-state index in [-0.39, 0.29) is 11.4 Å². The number of carbonyl (C=O) groups is 1. The Labute approximate surface area is 144 Å². The zero-order valence-corrected chi connectivity index (χ0v) is 15.5. The molecule has 0 saturated carbocycles. The van der Waals surface area contributed by atoms with Crippen LogP contribution in [0.1, 0.15) is 32.8 Å². The van der Waals surface area contributed by atoms with E-state index in [1.165, 1.54) is 16.2 Å². The van der Waals surface area contributed by atoms with Crippen LogP contribution in [0.15, 0.2) is 18.2 Å². The van der Waals surface area contributed by atoms with Gasteiger partial charge in [0.1, 0.15) is 0 Å². The highest BCUT2D eigenvalue weighted by molar-refractivity contribution is 6.30. The Hall–Kier alpha value is -1.26. The van der Waals surface area contributed by atoms with E-state index in [9.17, 15) is 4.79 Å². The molecule has 0 atom stereocenters. The molecule has 1 aliphatic heterocycles. The number of quaternary nitrogens is 1. The molecule has 5 heteroatoms. The number of nitrogens with zero attached hydrogens (tertiary/aromatic N) is 1. The number of halogens is 1. The van der Waals surface area contributed by atoms with Crippen LogP contribution in [0.4, 0.5) is 5.69 Å². The van der Waals surface area contributed by atoms with Gasteiger partial charge in [0, 0.05) is 16.2 Å². The number of rotatable bonds is 5.